The van der Waals surface area contributed by atoms with Crippen molar-refractivity contribution in [3.8, 4) is 66.8 Å². The van der Waals surface area contributed by atoms with Crippen molar-refractivity contribution < 1.29 is 0 Å². The van der Waals surface area contributed by atoms with Crippen molar-refractivity contribution in [1.29, 1.82) is 0 Å². The summed E-state index contributed by atoms with van der Waals surface area (Å²) < 4.78 is 0. The Morgan fingerprint density at radius 1 is 0.320 bits per heavy atom. The lowest BCUT2D eigenvalue weighted by molar-refractivity contribution is 0.660. The minimum atomic E-state index is -0.0938. The topological polar surface area (TPSA) is 3.24 Å². The molecule has 0 amide bonds. The van der Waals surface area contributed by atoms with Crippen LogP contribution in [0, 0.1) is 0 Å². The quantitative estimate of drug-likeness (QED) is 0.187. The molecule has 50 heavy (non-hydrogen) atoms. The van der Waals surface area contributed by atoms with E-state index in [0.717, 1.165) is 11.4 Å². The summed E-state index contributed by atoms with van der Waals surface area (Å²) in [5.74, 6) is 0. The molecular weight excluding hydrogens is 603 g/mol. The number of anilines is 3. The highest BCUT2D eigenvalue weighted by atomic mass is 15.1. The summed E-state index contributed by atoms with van der Waals surface area (Å²) in [5, 5.41) is 2.48. The standard InChI is InChI=1S/C49H33N/c1-49(2)45-20-8-7-14-37(45)38-26-24-34(29-46(38)49)50(32-22-21-30-11-3-4-12-31(30)27-32)33-23-25-36-41-17-10-18-42-43-19-9-16-40(48(43)44(36)28-33)35-13-5-6-15-39(35)47(41)42/h3-29H,1-2H3. The van der Waals surface area contributed by atoms with Crippen LogP contribution in [0.2, 0.25) is 0 Å². The van der Waals surface area contributed by atoms with Crippen LogP contribution in [-0.2, 0) is 5.41 Å². The molecule has 0 N–H and O–H groups in total. The van der Waals surface area contributed by atoms with Gasteiger partial charge in [-0.25, -0.2) is 0 Å². The molecule has 0 saturated heterocycles. The molecule has 6 bridgehead atoms. The van der Waals surface area contributed by atoms with Crippen LogP contribution < -0.4 is 4.90 Å². The summed E-state index contributed by atoms with van der Waals surface area (Å²) in [7, 11) is 0. The van der Waals surface area contributed by atoms with E-state index in [0.29, 0.717) is 0 Å². The summed E-state index contributed by atoms with van der Waals surface area (Å²) in [6.45, 7) is 4.73. The summed E-state index contributed by atoms with van der Waals surface area (Å²) in [5.41, 5.74) is 21.9. The zero-order valence-corrected chi connectivity index (χ0v) is 28.0. The first-order valence-corrected chi connectivity index (χ1v) is 17.6. The lowest BCUT2D eigenvalue weighted by Gasteiger charge is -2.29. The van der Waals surface area contributed by atoms with Gasteiger partial charge >= 0.3 is 0 Å². The van der Waals surface area contributed by atoms with Crippen LogP contribution in [0.3, 0.4) is 0 Å². The van der Waals surface area contributed by atoms with E-state index in [9.17, 15) is 0 Å². The Bertz CT molecular complexity index is 2720. The highest BCUT2D eigenvalue weighted by molar-refractivity contribution is 6.15. The second-order valence-corrected chi connectivity index (χ2v) is 14.5. The van der Waals surface area contributed by atoms with E-state index >= 15 is 0 Å². The zero-order valence-electron chi connectivity index (χ0n) is 28.0. The second-order valence-electron chi connectivity index (χ2n) is 14.5. The van der Waals surface area contributed by atoms with Crippen molar-refractivity contribution in [1.82, 2.24) is 0 Å². The van der Waals surface area contributed by atoms with Crippen LogP contribution in [0.25, 0.3) is 77.5 Å². The molecule has 0 fully saturated rings. The first kappa shape index (κ1) is 27.7. The molecule has 1 nitrogen and oxygen atoms in total. The molecule has 0 radical (unpaired) electrons. The Balaban J connectivity index is 1.18. The Hall–Kier alpha value is -6.18. The van der Waals surface area contributed by atoms with Crippen LogP contribution in [0.15, 0.2) is 164 Å². The van der Waals surface area contributed by atoms with Crippen LogP contribution in [0.5, 0.6) is 0 Å². The average molecular weight is 636 g/mol. The van der Waals surface area contributed by atoms with Gasteiger partial charge in [0.15, 0.2) is 0 Å². The fourth-order valence-electron chi connectivity index (χ4n) is 9.23. The van der Waals surface area contributed by atoms with Gasteiger partial charge in [-0.1, -0.05) is 141 Å². The van der Waals surface area contributed by atoms with Gasteiger partial charge < -0.3 is 4.90 Å². The van der Waals surface area contributed by atoms with Crippen molar-refractivity contribution in [2.75, 3.05) is 4.90 Å². The van der Waals surface area contributed by atoms with Gasteiger partial charge in [-0.05, 0) is 125 Å². The molecule has 8 aromatic carbocycles. The van der Waals surface area contributed by atoms with Crippen molar-refractivity contribution in [3.05, 3.63) is 175 Å². The molecule has 3 aliphatic rings. The fourth-order valence-corrected chi connectivity index (χ4v) is 9.23. The van der Waals surface area contributed by atoms with Gasteiger partial charge in [-0.15, -0.1) is 0 Å². The minimum absolute atomic E-state index is 0.0938. The third kappa shape index (κ3) is 3.67. The third-order valence-electron chi connectivity index (χ3n) is 11.5. The van der Waals surface area contributed by atoms with Crippen LogP contribution >= 0.6 is 0 Å². The van der Waals surface area contributed by atoms with E-state index in [2.05, 4.69) is 183 Å². The molecule has 0 aliphatic heterocycles. The van der Waals surface area contributed by atoms with Crippen LogP contribution in [-0.4, -0.2) is 0 Å². The van der Waals surface area contributed by atoms with E-state index < -0.39 is 0 Å². The van der Waals surface area contributed by atoms with E-state index in [-0.39, 0.29) is 5.41 Å². The number of rotatable bonds is 3. The molecule has 0 aromatic heterocycles. The molecule has 0 heterocycles. The molecule has 0 unspecified atom stereocenters. The largest absolute Gasteiger partial charge is 0.310 e. The molecule has 0 saturated carbocycles. The molecule has 234 valence electrons. The normalized spacial score (nSPS) is 13.6. The number of hydrogen-bond acceptors (Lipinski definition) is 1. The third-order valence-corrected chi connectivity index (χ3v) is 11.5. The maximum Gasteiger partial charge on any atom is 0.0468 e. The molecule has 3 aliphatic carbocycles. The van der Waals surface area contributed by atoms with Crippen LogP contribution in [0.1, 0.15) is 25.0 Å². The molecular formula is C49H33N. The zero-order chi connectivity index (χ0) is 33.1. The predicted octanol–water partition coefficient (Wildman–Crippen LogP) is 13.6. The maximum absolute atomic E-state index is 2.47. The monoisotopic (exact) mass is 635 g/mol. The summed E-state index contributed by atoms with van der Waals surface area (Å²) in [6, 6.07) is 61.4. The number of nitrogens with zero attached hydrogens (tertiary/aromatic N) is 1. The van der Waals surface area contributed by atoms with Crippen molar-refractivity contribution in [3.63, 3.8) is 0 Å². The van der Waals surface area contributed by atoms with E-state index in [4.69, 9.17) is 0 Å². The van der Waals surface area contributed by atoms with Gasteiger partial charge in [0, 0.05) is 22.5 Å². The number of fused-ring (bicyclic) bond motifs is 8. The van der Waals surface area contributed by atoms with Gasteiger partial charge in [0.05, 0.1) is 0 Å². The van der Waals surface area contributed by atoms with Crippen molar-refractivity contribution in [2.24, 2.45) is 0 Å². The van der Waals surface area contributed by atoms with E-state index in [1.807, 2.05) is 0 Å². The van der Waals surface area contributed by atoms with Gasteiger partial charge in [-0.2, -0.15) is 0 Å². The predicted molar refractivity (Wildman–Crippen MR) is 210 cm³/mol. The van der Waals surface area contributed by atoms with Gasteiger partial charge in [0.25, 0.3) is 0 Å². The number of benzene rings is 8. The molecule has 8 aromatic rings. The minimum Gasteiger partial charge on any atom is -0.310 e. The summed E-state index contributed by atoms with van der Waals surface area (Å²) in [4.78, 5) is 2.47. The Morgan fingerprint density at radius 3 is 1.56 bits per heavy atom. The molecule has 0 spiro atoms. The highest BCUT2D eigenvalue weighted by Gasteiger charge is 2.36. The van der Waals surface area contributed by atoms with E-state index in [1.165, 1.54) is 94.3 Å². The van der Waals surface area contributed by atoms with E-state index in [1.54, 1.807) is 0 Å². The average Bonchev–Trinajstić information content (AvgIpc) is 3.32. The molecule has 1 heteroatoms. The van der Waals surface area contributed by atoms with Crippen molar-refractivity contribution >= 4 is 27.8 Å². The lowest BCUT2D eigenvalue weighted by Crippen LogP contribution is -2.16. The Kier molecular flexibility index (Phi) is 5.51. The maximum atomic E-state index is 2.47. The smallest absolute Gasteiger partial charge is 0.0468 e. The van der Waals surface area contributed by atoms with Gasteiger partial charge in [-0.3, -0.25) is 0 Å². The first-order chi connectivity index (χ1) is 24.6. The lowest BCUT2D eigenvalue weighted by atomic mass is 9.82. The Labute approximate surface area is 292 Å². The van der Waals surface area contributed by atoms with Crippen molar-refractivity contribution in [2.45, 2.75) is 19.3 Å². The van der Waals surface area contributed by atoms with Gasteiger partial charge in [0.1, 0.15) is 0 Å². The second kappa shape index (κ2) is 9.94. The first-order valence-electron chi connectivity index (χ1n) is 17.6. The van der Waals surface area contributed by atoms with Gasteiger partial charge in [0.2, 0.25) is 0 Å². The summed E-state index contributed by atoms with van der Waals surface area (Å²) in [6.07, 6.45) is 0. The fraction of sp³-hybridized carbons (Fsp3) is 0.0612. The Morgan fingerprint density at radius 2 is 0.800 bits per heavy atom. The highest BCUT2D eigenvalue weighted by Crippen LogP contribution is 2.58. The molecule has 0 atom stereocenters. The van der Waals surface area contributed by atoms with Crippen LogP contribution in [0.4, 0.5) is 17.1 Å². The summed E-state index contributed by atoms with van der Waals surface area (Å²) >= 11 is 0. The number of hydrogen-bond donors (Lipinski definition) is 0. The molecule has 11 rings (SSSR count). The SMILES string of the molecule is CC1(C)c2ccccc2-c2ccc(N(c3ccc4c(c3)-c3c5cccc3-c3cccc-4c3-c3ccccc3-5)c3ccc4ccccc4c3)cc21.